The molecule has 0 aliphatic heterocycles. The summed E-state index contributed by atoms with van der Waals surface area (Å²) in [5.41, 5.74) is 1.13. The third-order valence-electron chi connectivity index (χ3n) is 3.11. The van der Waals surface area contributed by atoms with Crippen LogP contribution in [-0.2, 0) is 0 Å². The minimum Gasteiger partial charge on any atom is -0.497 e. The SMILES string of the molecule is COc1ccc(N=C/C(=C/Nc2ccc(OC)cc2)[N+](=O)[O-])cc1. The van der Waals surface area contributed by atoms with Crippen molar-refractivity contribution in [3.63, 3.8) is 0 Å². The maximum absolute atomic E-state index is 11.1. The van der Waals surface area contributed by atoms with Crippen LogP contribution in [-0.4, -0.2) is 25.4 Å². The number of nitrogens with one attached hydrogen (secondary N) is 1. The zero-order valence-corrected chi connectivity index (χ0v) is 13.3. The standard InChI is InChI=1S/C17H17N3O4/c1-23-16-7-3-13(4-8-16)18-11-15(20(21)22)12-19-14-5-9-17(24-2)10-6-14/h3-12,18H,1-2H3/b15-11-,19-12?. The average Bonchev–Trinajstić information content (AvgIpc) is 2.62. The van der Waals surface area contributed by atoms with Crippen molar-refractivity contribution in [2.75, 3.05) is 19.5 Å². The van der Waals surface area contributed by atoms with E-state index in [4.69, 9.17) is 9.47 Å². The Morgan fingerprint density at radius 1 is 1.04 bits per heavy atom. The van der Waals surface area contributed by atoms with Crippen LogP contribution in [0.3, 0.4) is 0 Å². The van der Waals surface area contributed by atoms with Crippen LogP contribution in [0.2, 0.25) is 0 Å². The van der Waals surface area contributed by atoms with Crippen molar-refractivity contribution in [1.29, 1.82) is 0 Å². The molecule has 0 unspecified atom stereocenters. The van der Waals surface area contributed by atoms with Gasteiger partial charge in [-0.05, 0) is 48.5 Å². The van der Waals surface area contributed by atoms with Gasteiger partial charge in [0.05, 0.1) is 31.0 Å². The number of rotatable bonds is 7. The highest BCUT2D eigenvalue weighted by Crippen LogP contribution is 2.18. The quantitative estimate of drug-likeness (QED) is 0.477. The van der Waals surface area contributed by atoms with Gasteiger partial charge in [0.1, 0.15) is 17.7 Å². The van der Waals surface area contributed by atoms with Crippen molar-refractivity contribution in [3.8, 4) is 11.5 Å². The van der Waals surface area contributed by atoms with E-state index < -0.39 is 4.92 Å². The van der Waals surface area contributed by atoms with E-state index in [9.17, 15) is 10.1 Å². The molecule has 0 saturated carbocycles. The van der Waals surface area contributed by atoms with E-state index >= 15 is 0 Å². The lowest BCUT2D eigenvalue weighted by Crippen LogP contribution is -2.03. The predicted octanol–water partition coefficient (Wildman–Crippen LogP) is 3.64. The fourth-order valence-electron chi connectivity index (χ4n) is 1.79. The molecule has 0 atom stereocenters. The van der Waals surface area contributed by atoms with E-state index in [2.05, 4.69) is 10.3 Å². The molecule has 7 heteroatoms. The first-order valence-electron chi connectivity index (χ1n) is 7.05. The number of methoxy groups -OCH3 is 2. The number of hydrogen-bond acceptors (Lipinski definition) is 6. The van der Waals surface area contributed by atoms with Crippen LogP contribution in [0.5, 0.6) is 11.5 Å². The van der Waals surface area contributed by atoms with Crippen LogP contribution in [0, 0.1) is 10.1 Å². The molecule has 1 N–H and O–H groups in total. The second-order valence-corrected chi connectivity index (χ2v) is 4.66. The summed E-state index contributed by atoms with van der Waals surface area (Å²) in [6, 6.07) is 13.9. The summed E-state index contributed by atoms with van der Waals surface area (Å²) in [5.74, 6) is 1.40. The first-order chi connectivity index (χ1) is 11.6. The highest BCUT2D eigenvalue weighted by Gasteiger charge is 2.07. The normalized spacial score (nSPS) is 11.3. The number of benzene rings is 2. The Labute approximate surface area is 139 Å². The topological polar surface area (TPSA) is 86.0 Å². The molecule has 0 spiro atoms. The maximum Gasteiger partial charge on any atom is 0.303 e. The Morgan fingerprint density at radius 3 is 2.08 bits per heavy atom. The summed E-state index contributed by atoms with van der Waals surface area (Å²) in [6.07, 6.45) is 2.48. The highest BCUT2D eigenvalue weighted by atomic mass is 16.6. The number of hydrogen-bond donors (Lipinski definition) is 1. The second-order valence-electron chi connectivity index (χ2n) is 4.66. The van der Waals surface area contributed by atoms with Crippen molar-refractivity contribution < 1.29 is 14.4 Å². The molecule has 0 heterocycles. The minimum atomic E-state index is -0.510. The van der Waals surface area contributed by atoms with Crippen LogP contribution in [0.1, 0.15) is 0 Å². The fourth-order valence-corrected chi connectivity index (χ4v) is 1.79. The molecule has 0 radical (unpaired) electrons. The Kier molecular flexibility index (Phi) is 5.90. The summed E-state index contributed by atoms with van der Waals surface area (Å²) in [7, 11) is 3.14. The molecule has 0 aromatic heterocycles. The number of nitrogens with zero attached hydrogens (tertiary/aromatic N) is 2. The van der Waals surface area contributed by atoms with Gasteiger partial charge in [-0.3, -0.25) is 10.1 Å². The average molecular weight is 327 g/mol. The minimum absolute atomic E-state index is 0.165. The fraction of sp³-hybridized carbons (Fsp3) is 0.118. The third kappa shape index (κ3) is 4.84. The lowest BCUT2D eigenvalue weighted by Gasteiger charge is -2.02. The zero-order valence-electron chi connectivity index (χ0n) is 13.3. The molecular formula is C17H17N3O4. The molecule has 2 aromatic rings. The molecule has 0 amide bonds. The lowest BCUT2D eigenvalue weighted by molar-refractivity contribution is -0.414. The maximum atomic E-state index is 11.1. The number of aliphatic imine (C=N–C) groups is 1. The summed E-state index contributed by atoms with van der Waals surface area (Å²) >= 11 is 0. The Morgan fingerprint density at radius 2 is 1.58 bits per heavy atom. The van der Waals surface area contributed by atoms with E-state index in [-0.39, 0.29) is 5.70 Å². The Bertz CT molecular complexity index is 737. The summed E-state index contributed by atoms with van der Waals surface area (Å²) < 4.78 is 10.1. The van der Waals surface area contributed by atoms with Gasteiger partial charge in [0.15, 0.2) is 0 Å². The van der Waals surface area contributed by atoms with Crippen LogP contribution >= 0.6 is 0 Å². The molecular weight excluding hydrogens is 310 g/mol. The highest BCUT2D eigenvalue weighted by molar-refractivity contribution is 5.78. The Hall–Kier alpha value is -3.35. The van der Waals surface area contributed by atoms with Gasteiger partial charge in [-0.25, -0.2) is 4.99 Å². The lowest BCUT2D eigenvalue weighted by atomic mass is 10.3. The van der Waals surface area contributed by atoms with Crippen molar-refractivity contribution >= 4 is 17.6 Å². The van der Waals surface area contributed by atoms with Crippen molar-refractivity contribution in [2.24, 2.45) is 4.99 Å². The van der Waals surface area contributed by atoms with Gasteiger partial charge < -0.3 is 14.8 Å². The van der Waals surface area contributed by atoms with Gasteiger partial charge in [0.2, 0.25) is 0 Å². The van der Waals surface area contributed by atoms with Gasteiger partial charge in [0, 0.05) is 5.69 Å². The van der Waals surface area contributed by atoms with E-state index in [1.807, 2.05) is 0 Å². The van der Waals surface area contributed by atoms with Gasteiger partial charge in [-0.2, -0.15) is 0 Å². The second kappa shape index (κ2) is 8.33. The zero-order chi connectivity index (χ0) is 17.4. The number of anilines is 1. The largest absolute Gasteiger partial charge is 0.497 e. The van der Waals surface area contributed by atoms with Gasteiger partial charge in [-0.15, -0.1) is 0 Å². The van der Waals surface area contributed by atoms with Gasteiger partial charge >= 0.3 is 5.70 Å². The van der Waals surface area contributed by atoms with Crippen LogP contribution in [0.25, 0.3) is 0 Å². The number of nitro groups is 1. The molecule has 124 valence electrons. The van der Waals surface area contributed by atoms with Crippen LogP contribution < -0.4 is 14.8 Å². The number of allylic oxidation sites excluding steroid dienone is 1. The molecule has 0 aliphatic rings. The molecule has 2 aromatic carbocycles. The predicted molar refractivity (Wildman–Crippen MR) is 92.8 cm³/mol. The van der Waals surface area contributed by atoms with Crippen molar-refractivity contribution in [1.82, 2.24) is 0 Å². The first kappa shape index (κ1) is 17.0. The first-order valence-corrected chi connectivity index (χ1v) is 7.05. The third-order valence-corrected chi connectivity index (χ3v) is 3.11. The molecule has 2 rings (SSSR count). The summed E-state index contributed by atoms with van der Waals surface area (Å²) in [6.45, 7) is 0. The summed E-state index contributed by atoms with van der Waals surface area (Å²) in [5, 5.41) is 14.0. The van der Waals surface area contributed by atoms with E-state index in [0.29, 0.717) is 22.9 Å². The monoisotopic (exact) mass is 327 g/mol. The smallest absolute Gasteiger partial charge is 0.303 e. The van der Waals surface area contributed by atoms with E-state index in [0.717, 1.165) is 0 Å². The molecule has 0 aliphatic carbocycles. The van der Waals surface area contributed by atoms with Gasteiger partial charge in [-0.1, -0.05) is 0 Å². The Balaban J connectivity index is 2.09. The summed E-state index contributed by atoms with van der Waals surface area (Å²) in [4.78, 5) is 14.7. The van der Waals surface area contributed by atoms with Crippen LogP contribution in [0.4, 0.5) is 11.4 Å². The van der Waals surface area contributed by atoms with Crippen LogP contribution in [0.15, 0.2) is 65.4 Å². The molecule has 24 heavy (non-hydrogen) atoms. The number of ether oxygens (including phenoxy) is 2. The van der Waals surface area contributed by atoms with Crippen molar-refractivity contribution in [3.05, 3.63) is 70.5 Å². The molecule has 0 bridgehead atoms. The van der Waals surface area contributed by atoms with Crippen molar-refractivity contribution in [2.45, 2.75) is 0 Å². The molecule has 0 fully saturated rings. The van der Waals surface area contributed by atoms with E-state index in [1.165, 1.54) is 12.4 Å². The molecule has 7 nitrogen and oxygen atoms in total. The van der Waals surface area contributed by atoms with Gasteiger partial charge in [0.25, 0.3) is 0 Å². The van der Waals surface area contributed by atoms with E-state index in [1.54, 1.807) is 62.8 Å². The molecule has 0 saturated heterocycles.